The number of hydrogen-bond donors (Lipinski definition) is 1. The topological polar surface area (TPSA) is 21.3 Å². The van der Waals surface area contributed by atoms with Gasteiger partial charge in [0.15, 0.2) is 0 Å². The van der Waals surface area contributed by atoms with Gasteiger partial charge in [-0.05, 0) is 37.6 Å². The van der Waals surface area contributed by atoms with Crippen LogP contribution >= 0.6 is 0 Å². The van der Waals surface area contributed by atoms with Crippen molar-refractivity contribution in [2.45, 2.75) is 19.4 Å². The van der Waals surface area contributed by atoms with Gasteiger partial charge in [-0.25, -0.2) is 0 Å². The zero-order valence-corrected chi connectivity index (χ0v) is 8.13. The van der Waals surface area contributed by atoms with Crippen molar-refractivity contribution in [3.63, 3.8) is 0 Å². The third-order valence-electron chi connectivity index (χ3n) is 2.67. The number of rotatable bonds is 1. The lowest BCUT2D eigenvalue weighted by molar-refractivity contribution is 0.245. The van der Waals surface area contributed by atoms with Crippen LogP contribution in [0.5, 0.6) is 5.75 Å². The Morgan fingerprint density at radius 2 is 2.31 bits per heavy atom. The average Bonchev–Trinajstić information content (AvgIpc) is 2.18. The fourth-order valence-corrected chi connectivity index (χ4v) is 1.75. The molecular formula is C11H15NO. The average molecular weight is 177 g/mol. The van der Waals surface area contributed by atoms with Gasteiger partial charge in [-0.1, -0.05) is 12.1 Å². The van der Waals surface area contributed by atoms with Crippen LogP contribution in [-0.4, -0.2) is 19.7 Å². The molecule has 0 bridgehead atoms. The zero-order valence-electron chi connectivity index (χ0n) is 8.13. The molecule has 0 amide bonds. The molecule has 2 rings (SSSR count). The second kappa shape index (κ2) is 3.38. The van der Waals surface area contributed by atoms with Crippen LogP contribution in [0.1, 0.15) is 11.1 Å². The minimum atomic E-state index is 0.466. The van der Waals surface area contributed by atoms with E-state index in [0.717, 1.165) is 18.8 Å². The number of aryl methyl sites for hydroxylation is 1. The summed E-state index contributed by atoms with van der Waals surface area (Å²) in [5.41, 5.74) is 2.69. The Bertz CT molecular complexity index is 309. The molecule has 0 fully saturated rings. The second-order valence-electron chi connectivity index (χ2n) is 3.55. The van der Waals surface area contributed by atoms with E-state index in [1.165, 1.54) is 11.1 Å². The van der Waals surface area contributed by atoms with Gasteiger partial charge in [-0.2, -0.15) is 0 Å². The molecule has 1 aromatic rings. The molecule has 0 saturated carbocycles. The van der Waals surface area contributed by atoms with E-state index in [2.05, 4.69) is 18.3 Å². The molecule has 0 aliphatic carbocycles. The van der Waals surface area contributed by atoms with Gasteiger partial charge in [0.25, 0.3) is 0 Å². The third-order valence-corrected chi connectivity index (χ3v) is 2.67. The molecule has 13 heavy (non-hydrogen) atoms. The number of fused-ring (bicyclic) bond motifs is 1. The minimum Gasteiger partial charge on any atom is -0.492 e. The summed E-state index contributed by atoms with van der Waals surface area (Å²) in [5, 5.41) is 3.25. The summed E-state index contributed by atoms with van der Waals surface area (Å²) in [4.78, 5) is 0. The van der Waals surface area contributed by atoms with Crippen LogP contribution in [0.15, 0.2) is 18.2 Å². The lowest BCUT2D eigenvalue weighted by Gasteiger charge is -2.26. The molecule has 0 aromatic heterocycles. The molecule has 1 aromatic carbocycles. The van der Waals surface area contributed by atoms with Crippen molar-refractivity contribution < 1.29 is 4.74 Å². The maximum Gasteiger partial charge on any atom is 0.122 e. The van der Waals surface area contributed by atoms with Crippen molar-refractivity contribution in [1.82, 2.24) is 5.32 Å². The van der Waals surface area contributed by atoms with Gasteiger partial charge in [0.05, 0.1) is 0 Å². The predicted molar refractivity (Wildman–Crippen MR) is 53.2 cm³/mol. The molecule has 70 valence electrons. The summed E-state index contributed by atoms with van der Waals surface area (Å²) < 4.78 is 5.65. The first-order valence-corrected chi connectivity index (χ1v) is 4.70. The van der Waals surface area contributed by atoms with E-state index in [1.807, 2.05) is 19.2 Å². The summed E-state index contributed by atoms with van der Waals surface area (Å²) in [5.74, 6) is 1.06. The highest BCUT2D eigenvalue weighted by molar-refractivity contribution is 5.41. The summed E-state index contributed by atoms with van der Waals surface area (Å²) in [6.07, 6.45) is 1.08. The summed E-state index contributed by atoms with van der Waals surface area (Å²) in [6, 6.07) is 6.70. The van der Waals surface area contributed by atoms with E-state index in [0.29, 0.717) is 6.04 Å². The monoisotopic (exact) mass is 177 g/mol. The van der Waals surface area contributed by atoms with E-state index in [9.17, 15) is 0 Å². The van der Waals surface area contributed by atoms with Gasteiger partial charge >= 0.3 is 0 Å². The quantitative estimate of drug-likeness (QED) is 0.702. The first-order chi connectivity index (χ1) is 6.31. The van der Waals surface area contributed by atoms with Crippen LogP contribution < -0.4 is 10.1 Å². The highest BCUT2D eigenvalue weighted by Crippen LogP contribution is 2.26. The zero-order chi connectivity index (χ0) is 9.26. The van der Waals surface area contributed by atoms with Crippen LogP contribution in [0, 0.1) is 6.92 Å². The maximum atomic E-state index is 5.65. The molecule has 2 nitrogen and oxygen atoms in total. The van der Waals surface area contributed by atoms with Crippen molar-refractivity contribution in [3.05, 3.63) is 29.3 Å². The number of nitrogens with one attached hydrogen (secondary N) is 1. The third kappa shape index (κ3) is 1.54. The summed E-state index contributed by atoms with van der Waals surface area (Å²) in [7, 11) is 1.98. The van der Waals surface area contributed by atoms with E-state index in [1.54, 1.807) is 0 Å². The highest BCUT2D eigenvalue weighted by Gasteiger charge is 2.19. The van der Waals surface area contributed by atoms with Crippen LogP contribution in [0.3, 0.4) is 0 Å². The Hall–Kier alpha value is -1.02. The van der Waals surface area contributed by atoms with E-state index >= 15 is 0 Å². The fraction of sp³-hybridized carbons (Fsp3) is 0.455. The Balaban J connectivity index is 2.32. The van der Waals surface area contributed by atoms with Gasteiger partial charge in [0.2, 0.25) is 0 Å². The van der Waals surface area contributed by atoms with Gasteiger partial charge in [-0.15, -0.1) is 0 Å². The van der Waals surface area contributed by atoms with Crippen molar-refractivity contribution >= 4 is 0 Å². The van der Waals surface area contributed by atoms with Crippen LogP contribution in [0.25, 0.3) is 0 Å². The molecule has 0 saturated heterocycles. The fourth-order valence-electron chi connectivity index (χ4n) is 1.75. The lowest BCUT2D eigenvalue weighted by Crippen LogP contribution is -2.37. The SMILES string of the molecule is CNC1COc2cccc(C)c2C1. The molecular weight excluding hydrogens is 162 g/mol. The van der Waals surface area contributed by atoms with Crippen LogP contribution in [0.4, 0.5) is 0 Å². The van der Waals surface area contributed by atoms with Crippen molar-refractivity contribution in [2.75, 3.05) is 13.7 Å². The van der Waals surface area contributed by atoms with Crippen molar-refractivity contribution in [1.29, 1.82) is 0 Å². The molecule has 0 spiro atoms. The van der Waals surface area contributed by atoms with E-state index in [-0.39, 0.29) is 0 Å². The number of likely N-dealkylation sites (N-methyl/N-ethyl adjacent to an activating group) is 1. The van der Waals surface area contributed by atoms with Crippen LogP contribution in [-0.2, 0) is 6.42 Å². The highest BCUT2D eigenvalue weighted by atomic mass is 16.5. The largest absolute Gasteiger partial charge is 0.492 e. The number of ether oxygens (including phenoxy) is 1. The van der Waals surface area contributed by atoms with Crippen LogP contribution in [0.2, 0.25) is 0 Å². The first kappa shape index (κ1) is 8.57. The maximum absolute atomic E-state index is 5.65. The Morgan fingerprint density at radius 3 is 3.08 bits per heavy atom. The molecule has 1 N–H and O–H groups in total. The molecule has 2 heteroatoms. The smallest absolute Gasteiger partial charge is 0.122 e. The Morgan fingerprint density at radius 1 is 1.46 bits per heavy atom. The summed E-state index contributed by atoms with van der Waals surface area (Å²) in [6.45, 7) is 2.92. The molecule has 1 aliphatic heterocycles. The normalized spacial score (nSPS) is 20.6. The van der Waals surface area contributed by atoms with Gasteiger partial charge < -0.3 is 10.1 Å². The van der Waals surface area contributed by atoms with Crippen molar-refractivity contribution in [3.8, 4) is 5.75 Å². The lowest BCUT2D eigenvalue weighted by atomic mass is 9.98. The first-order valence-electron chi connectivity index (χ1n) is 4.70. The Kier molecular flexibility index (Phi) is 2.23. The van der Waals surface area contributed by atoms with Gasteiger partial charge in [-0.3, -0.25) is 0 Å². The molecule has 1 aliphatic rings. The standard InChI is InChI=1S/C11H15NO/c1-8-4-3-5-11-10(8)6-9(12-2)7-13-11/h3-5,9,12H,6-7H2,1-2H3. The summed E-state index contributed by atoms with van der Waals surface area (Å²) >= 11 is 0. The predicted octanol–water partition coefficient (Wildman–Crippen LogP) is 1.52. The second-order valence-corrected chi connectivity index (χ2v) is 3.55. The minimum absolute atomic E-state index is 0.466. The molecule has 0 radical (unpaired) electrons. The Labute approximate surface area is 78.9 Å². The van der Waals surface area contributed by atoms with Gasteiger partial charge in [0.1, 0.15) is 12.4 Å². The molecule has 1 heterocycles. The van der Waals surface area contributed by atoms with E-state index < -0.39 is 0 Å². The molecule has 1 atom stereocenters. The number of benzene rings is 1. The van der Waals surface area contributed by atoms with Gasteiger partial charge in [0, 0.05) is 6.04 Å². The molecule has 1 unspecified atom stereocenters. The number of hydrogen-bond acceptors (Lipinski definition) is 2. The van der Waals surface area contributed by atoms with Crippen molar-refractivity contribution in [2.24, 2.45) is 0 Å². The van der Waals surface area contributed by atoms with E-state index in [4.69, 9.17) is 4.74 Å².